The van der Waals surface area contributed by atoms with Crippen LogP contribution in [0.2, 0.25) is 0 Å². The van der Waals surface area contributed by atoms with Gasteiger partial charge in [-0.3, -0.25) is 9.59 Å². The van der Waals surface area contributed by atoms with E-state index < -0.39 is 5.60 Å². The number of amides is 2. The minimum atomic E-state index is -1.01. The fraction of sp³-hybridized carbons (Fsp3) is 0.517. The molecule has 2 heterocycles. The molecule has 0 N–H and O–H groups in total. The average molecular weight is 479 g/mol. The summed E-state index contributed by atoms with van der Waals surface area (Å²) in [5, 5.41) is 0. The Morgan fingerprint density at radius 2 is 1.91 bits per heavy atom. The molecule has 2 aromatic carbocycles. The molecule has 188 valence electrons. The number of fused-ring (bicyclic) bond motifs is 1. The van der Waals surface area contributed by atoms with Crippen molar-refractivity contribution in [2.24, 2.45) is 0 Å². The molecular formula is C29H38N2O4. The quantitative estimate of drug-likeness (QED) is 0.642. The van der Waals surface area contributed by atoms with Crippen LogP contribution in [0.1, 0.15) is 60.5 Å². The Labute approximate surface area is 209 Å². The fourth-order valence-electron chi connectivity index (χ4n) is 5.10. The lowest BCUT2D eigenvalue weighted by Gasteiger charge is -2.44. The summed E-state index contributed by atoms with van der Waals surface area (Å²) < 4.78 is 12.4. The smallest absolute Gasteiger partial charge is 0.256 e. The summed E-state index contributed by atoms with van der Waals surface area (Å²) in [5.41, 5.74) is 1.90. The first-order valence-electron chi connectivity index (χ1n) is 13.0. The van der Waals surface area contributed by atoms with Crippen molar-refractivity contribution in [1.29, 1.82) is 0 Å². The largest absolute Gasteiger partial charge is 0.491 e. The van der Waals surface area contributed by atoms with Crippen molar-refractivity contribution in [3.63, 3.8) is 0 Å². The van der Waals surface area contributed by atoms with E-state index in [1.807, 2.05) is 59.2 Å². The van der Waals surface area contributed by atoms with E-state index in [0.29, 0.717) is 51.4 Å². The first-order valence-corrected chi connectivity index (χ1v) is 13.0. The van der Waals surface area contributed by atoms with Gasteiger partial charge < -0.3 is 19.3 Å². The molecule has 35 heavy (non-hydrogen) atoms. The van der Waals surface area contributed by atoms with E-state index in [1.165, 1.54) is 5.56 Å². The van der Waals surface area contributed by atoms with E-state index in [1.54, 1.807) is 0 Å². The van der Waals surface area contributed by atoms with Crippen molar-refractivity contribution < 1.29 is 19.1 Å². The number of nitrogens with zero attached hydrogens (tertiary/aromatic N) is 2. The first kappa shape index (κ1) is 25.2. The van der Waals surface area contributed by atoms with E-state index in [4.69, 9.17) is 9.47 Å². The Morgan fingerprint density at radius 1 is 1.06 bits per heavy atom. The zero-order chi connectivity index (χ0) is 24.7. The number of hydrogen-bond donors (Lipinski definition) is 0. The molecule has 1 saturated heterocycles. The molecule has 0 aliphatic carbocycles. The Hall–Kier alpha value is -2.86. The molecule has 0 saturated carbocycles. The van der Waals surface area contributed by atoms with Crippen molar-refractivity contribution in [1.82, 2.24) is 9.80 Å². The van der Waals surface area contributed by atoms with Gasteiger partial charge in [0.05, 0.1) is 19.7 Å². The molecule has 4 rings (SSSR count). The van der Waals surface area contributed by atoms with Crippen LogP contribution in [0.15, 0.2) is 48.5 Å². The number of rotatable bonds is 4. The third-order valence-electron chi connectivity index (χ3n) is 7.06. The minimum Gasteiger partial charge on any atom is -0.491 e. The van der Waals surface area contributed by atoms with Crippen LogP contribution in [0.25, 0.3) is 0 Å². The lowest BCUT2D eigenvalue weighted by atomic mass is 9.90. The number of carbonyl (C=O) groups excluding carboxylic acids is 2. The fourth-order valence-corrected chi connectivity index (χ4v) is 5.10. The molecule has 2 aromatic rings. The van der Waals surface area contributed by atoms with Gasteiger partial charge in [0.25, 0.3) is 11.8 Å². The third-order valence-corrected chi connectivity index (χ3v) is 7.06. The van der Waals surface area contributed by atoms with Gasteiger partial charge in [-0.25, -0.2) is 0 Å². The number of aryl methyl sites for hydroxylation is 2. The third kappa shape index (κ3) is 6.04. The highest BCUT2D eigenvalue weighted by Crippen LogP contribution is 2.30. The summed E-state index contributed by atoms with van der Waals surface area (Å²) >= 11 is 0. The molecule has 1 spiro atoms. The number of benzene rings is 2. The molecule has 6 heteroatoms. The predicted molar refractivity (Wildman–Crippen MR) is 137 cm³/mol. The lowest BCUT2D eigenvalue weighted by molar-refractivity contribution is -0.170. The maximum atomic E-state index is 14.1. The van der Waals surface area contributed by atoms with E-state index in [0.717, 1.165) is 43.4 Å². The molecule has 2 aliphatic heterocycles. The molecule has 0 bridgehead atoms. The Morgan fingerprint density at radius 3 is 2.74 bits per heavy atom. The highest BCUT2D eigenvalue weighted by atomic mass is 16.5. The summed E-state index contributed by atoms with van der Waals surface area (Å²) in [7, 11) is 0. The Balaban J connectivity index is 1.59. The molecule has 2 amide bonds. The molecule has 1 unspecified atom stereocenters. The first-order chi connectivity index (χ1) is 17.0. The van der Waals surface area contributed by atoms with Crippen LogP contribution in [0.4, 0.5) is 0 Å². The second kappa shape index (κ2) is 11.7. The highest BCUT2D eigenvalue weighted by Gasteiger charge is 2.46. The zero-order valence-corrected chi connectivity index (χ0v) is 21.1. The second-order valence-electron chi connectivity index (χ2n) is 9.75. The number of para-hydroxylation sites is 1. The van der Waals surface area contributed by atoms with Crippen LogP contribution in [0.3, 0.4) is 0 Å². The van der Waals surface area contributed by atoms with Crippen LogP contribution in [-0.2, 0) is 16.0 Å². The number of ether oxygens (including phenoxy) is 2. The molecule has 1 fully saturated rings. The van der Waals surface area contributed by atoms with Gasteiger partial charge in [0.15, 0.2) is 5.60 Å². The summed E-state index contributed by atoms with van der Waals surface area (Å²) in [6.45, 7) is 6.87. The van der Waals surface area contributed by atoms with E-state index in [2.05, 4.69) is 13.0 Å². The predicted octanol–water partition coefficient (Wildman–Crippen LogP) is 4.64. The van der Waals surface area contributed by atoms with Crippen LogP contribution < -0.4 is 4.74 Å². The van der Waals surface area contributed by atoms with Gasteiger partial charge in [-0.15, -0.1) is 0 Å². The summed E-state index contributed by atoms with van der Waals surface area (Å²) in [4.78, 5) is 31.1. The van der Waals surface area contributed by atoms with Gasteiger partial charge in [-0.2, -0.15) is 0 Å². The van der Waals surface area contributed by atoms with Gasteiger partial charge >= 0.3 is 0 Å². The summed E-state index contributed by atoms with van der Waals surface area (Å²) in [6, 6.07) is 15.8. The topological polar surface area (TPSA) is 59.1 Å². The number of carbonyl (C=O) groups is 2. The van der Waals surface area contributed by atoms with Gasteiger partial charge in [-0.1, -0.05) is 49.2 Å². The summed E-state index contributed by atoms with van der Waals surface area (Å²) in [6.07, 6.45) is 5.19. The van der Waals surface area contributed by atoms with Gasteiger partial charge in [0.2, 0.25) is 0 Å². The zero-order valence-electron chi connectivity index (χ0n) is 21.1. The Bertz CT molecular complexity index is 1020. The lowest BCUT2D eigenvalue weighted by Crippen LogP contribution is -2.62. The van der Waals surface area contributed by atoms with Crippen molar-refractivity contribution in [2.75, 3.05) is 39.4 Å². The molecule has 2 aliphatic rings. The van der Waals surface area contributed by atoms with E-state index >= 15 is 0 Å². The second-order valence-corrected chi connectivity index (χ2v) is 9.75. The van der Waals surface area contributed by atoms with Crippen molar-refractivity contribution in [3.05, 3.63) is 65.2 Å². The standard InChI is InChI=1S/C29H38N2O4/c1-3-4-16-30-17-19-34-26-14-6-5-11-24(26)12-7-8-15-29(28(30)33)22-31(18-20-35-29)27(32)25-13-9-10-23(2)21-25/h5-6,9-11,13-14,21H,3-4,7-8,12,15-20,22H2,1-2H3. The normalized spacial score (nSPS) is 21.6. The minimum absolute atomic E-state index is 0.00912. The maximum absolute atomic E-state index is 14.1. The van der Waals surface area contributed by atoms with Gasteiger partial charge in [-0.05, 0) is 62.8 Å². The highest BCUT2D eigenvalue weighted by molar-refractivity contribution is 5.95. The summed E-state index contributed by atoms with van der Waals surface area (Å²) in [5.74, 6) is 0.868. The van der Waals surface area contributed by atoms with Crippen molar-refractivity contribution in [2.45, 2.75) is 58.0 Å². The van der Waals surface area contributed by atoms with Crippen LogP contribution in [0, 0.1) is 6.92 Å². The van der Waals surface area contributed by atoms with Gasteiger partial charge in [0.1, 0.15) is 12.4 Å². The molecule has 1 atom stereocenters. The average Bonchev–Trinajstić information content (AvgIpc) is 2.88. The SMILES string of the molecule is CCCCN1CCOc2ccccc2CCCCC2(CN(C(=O)c3cccc(C)c3)CCO2)C1=O. The number of morpholine rings is 1. The van der Waals surface area contributed by atoms with Gasteiger partial charge in [0, 0.05) is 18.7 Å². The van der Waals surface area contributed by atoms with E-state index in [9.17, 15) is 9.59 Å². The van der Waals surface area contributed by atoms with Crippen LogP contribution in [-0.4, -0.2) is 66.6 Å². The van der Waals surface area contributed by atoms with Crippen LogP contribution in [0.5, 0.6) is 5.75 Å². The van der Waals surface area contributed by atoms with Crippen molar-refractivity contribution in [3.8, 4) is 5.75 Å². The maximum Gasteiger partial charge on any atom is 0.256 e. The molecule has 6 nitrogen and oxygen atoms in total. The molecule has 0 aromatic heterocycles. The molecule has 0 radical (unpaired) electrons. The monoisotopic (exact) mass is 478 g/mol. The van der Waals surface area contributed by atoms with Crippen molar-refractivity contribution >= 4 is 11.8 Å². The number of hydrogen-bond acceptors (Lipinski definition) is 4. The van der Waals surface area contributed by atoms with E-state index in [-0.39, 0.29) is 11.8 Å². The molecular weight excluding hydrogens is 440 g/mol. The number of unbranched alkanes of at least 4 members (excludes halogenated alkanes) is 1. The Kier molecular flexibility index (Phi) is 8.45. The van der Waals surface area contributed by atoms with Crippen LogP contribution >= 0.6 is 0 Å².